The second kappa shape index (κ2) is 6.48. The topological polar surface area (TPSA) is 87.6 Å². The molecule has 0 saturated carbocycles. The molecule has 1 atom stereocenters. The van der Waals surface area contributed by atoms with Gasteiger partial charge in [-0.1, -0.05) is 26.0 Å². The standard InChI is InChI=1S/C15H21N3O3S/c1-10(2)11(3)17-14(19)8-9-16-15-12-6-4-5-7-13(12)22(20,21)18-15/h4-7,10-11H,8-9H2,1-3H3,(H,16,18)(H,17,19)/t11-/m1/s1. The van der Waals surface area contributed by atoms with E-state index in [9.17, 15) is 13.2 Å². The molecule has 0 bridgehead atoms. The number of benzene rings is 1. The molecule has 1 aliphatic rings. The van der Waals surface area contributed by atoms with Gasteiger partial charge in [-0.25, -0.2) is 8.42 Å². The summed E-state index contributed by atoms with van der Waals surface area (Å²) in [5.74, 6) is 0.587. The monoisotopic (exact) mass is 323 g/mol. The van der Waals surface area contributed by atoms with Gasteiger partial charge in [0.05, 0.1) is 11.4 Å². The smallest absolute Gasteiger partial charge is 0.263 e. The van der Waals surface area contributed by atoms with Gasteiger partial charge in [0.25, 0.3) is 10.0 Å². The van der Waals surface area contributed by atoms with Crippen molar-refractivity contribution in [2.24, 2.45) is 10.9 Å². The van der Waals surface area contributed by atoms with Gasteiger partial charge in [0, 0.05) is 18.0 Å². The Kier molecular flexibility index (Phi) is 4.85. The zero-order valence-electron chi connectivity index (χ0n) is 13.0. The maximum atomic E-state index is 11.9. The molecule has 0 aliphatic carbocycles. The van der Waals surface area contributed by atoms with Gasteiger partial charge in [-0.3, -0.25) is 14.5 Å². The quantitative estimate of drug-likeness (QED) is 0.855. The Hall–Kier alpha value is -1.89. The van der Waals surface area contributed by atoms with Crippen molar-refractivity contribution in [3.8, 4) is 0 Å². The van der Waals surface area contributed by atoms with E-state index in [2.05, 4.69) is 15.0 Å². The minimum Gasteiger partial charge on any atom is -0.353 e. The second-order valence-corrected chi connectivity index (χ2v) is 7.33. The average molecular weight is 323 g/mol. The Morgan fingerprint density at radius 2 is 1.95 bits per heavy atom. The fourth-order valence-electron chi connectivity index (χ4n) is 2.01. The summed E-state index contributed by atoms with van der Waals surface area (Å²) in [7, 11) is -3.52. The van der Waals surface area contributed by atoms with E-state index in [0.29, 0.717) is 17.3 Å². The van der Waals surface area contributed by atoms with Gasteiger partial charge >= 0.3 is 0 Å². The number of amides is 1. The van der Waals surface area contributed by atoms with E-state index >= 15 is 0 Å². The van der Waals surface area contributed by atoms with Crippen molar-refractivity contribution in [3.63, 3.8) is 0 Å². The lowest BCUT2D eigenvalue weighted by Crippen LogP contribution is -2.36. The Morgan fingerprint density at radius 3 is 2.64 bits per heavy atom. The van der Waals surface area contributed by atoms with Crippen molar-refractivity contribution in [3.05, 3.63) is 29.8 Å². The van der Waals surface area contributed by atoms with Gasteiger partial charge in [0.15, 0.2) is 0 Å². The van der Waals surface area contributed by atoms with Crippen LogP contribution in [0.1, 0.15) is 32.8 Å². The predicted octanol–water partition coefficient (Wildman–Crippen LogP) is 1.28. The van der Waals surface area contributed by atoms with Gasteiger partial charge in [0.1, 0.15) is 5.84 Å². The fourth-order valence-corrected chi connectivity index (χ4v) is 3.26. The highest BCUT2D eigenvalue weighted by molar-refractivity contribution is 7.90. The summed E-state index contributed by atoms with van der Waals surface area (Å²) in [6.07, 6.45) is 0.227. The van der Waals surface area contributed by atoms with Crippen molar-refractivity contribution < 1.29 is 13.2 Å². The molecule has 0 radical (unpaired) electrons. The number of sulfonamides is 1. The van der Waals surface area contributed by atoms with Gasteiger partial charge in [-0.2, -0.15) is 0 Å². The number of carbonyl (C=O) groups excluding carboxylic acids is 1. The SMILES string of the molecule is CC(C)[C@@H](C)NC(=O)CCN=C1NS(=O)(=O)c2ccccc21. The highest BCUT2D eigenvalue weighted by Gasteiger charge is 2.29. The van der Waals surface area contributed by atoms with Crippen LogP contribution in [0.15, 0.2) is 34.2 Å². The van der Waals surface area contributed by atoms with Crippen molar-refractivity contribution in [2.45, 2.75) is 38.1 Å². The summed E-state index contributed by atoms with van der Waals surface area (Å²) in [5.41, 5.74) is 0.554. The Bertz CT molecular complexity index is 696. The molecule has 1 aliphatic heterocycles. The summed E-state index contributed by atoms with van der Waals surface area (Å²) < 4.78 is 26.2. The van der Waals surface area contributed by atoms with Crippen LogP contribution in [0, 0.1) is 5.92 Å². The van der Waals surface area contributed by atoms with E-state index in [1.54, 1.807) is 18.2 Å². The minimum absolute atomic E-state index is 0.0836. The van der Waals surface area contributed by atoms with E-state index in [0.717, 1.165) is 0 Å². The molecule has 7 heteroatoms. The first-order chi connectivity index (χ1) is 10.3. The summed E-state index contributed by atoms with van der Waals surface area (Å²) in [5, 5.41) is 2.89. The number of nitrogens with one attached hydrogen (secondary N) is 2. The number of amidine groups is 1. The third-order valence-corrected chi connectivity index (χ3v) is 5.06. The molecule has 6 nitrogen and oxygen atoms in total. The molecule has 1 aromatic carbocycles. The molecular formula is C15H21N3O3S. The lowest BCUT2D eigenvalue weighted by Gasteiger charge is -2.16. The summed E-state index contributed by atoms with van der Waals surface area (Å²) in [6.45, 7) is 6.27. The molecule has 0 aromatic heterocycles. The normalized spacial score (nSPS) is 18.8. The molecule has 2 rings (SSSR count). The van der Waals surface area contributed by atoms with Crippen LogP contribution in [-0.4, -0.2) is 32.7 Å². The molecule has 0 fully saturated rings. The highest BCUT2D eigenvalue weighted by atomic mass is 32.2. The third-order valence-electron chi connectivity index (χ3n) is 3.66. The molecular weight excluding hydrogens is 302 g/mol. The maximum Gasteiger partial charge on any atom is 0.263 e. The largest absolute Gasteiger partial charge is 0.353 e. The molecule has 2 N–H and O–H groups in total. The summed E-state index contributed by atoms with van der Waals surface area (Å²) in [6, 6.07) is 6.77. The van der Waals surface area contributed by atoms with Crippen molar-refractivity contribution in [1.82, 2.24) is 10.0 Å². The fraction of sp³-hybridized carbons (Fsp3) is 0.467. The number of aliphatic imine (C=N–C) groups is 1. The second-order valence-electron chi connectivity index (χ2n) is 5.68. The molecule has 0 saturated heterocycles. The van der Waals surface area contributed by atoms with E-state index < -0.39 is 10.0 Å². The number of hydrogen-bond acceptors (Lipinski definition) is 4. The van der Waals surface area contributed by atoms with Gasteiger partial charge in [-0.05, 0) is 25.0 Å². The number of carbonyl (C=O) groups is 1. The Balaban J connectivity index is 2.00. The Labute approximate surface area is 131 Å². The number of fused-ring (bicyclic) bond motifs is 1. The van der Waals surface area contributed by atoms with Crippen molar-refractivity contribution in [1.29, 1.82) is 0 Å². The van der Waals surface area contributed by atoms with Gasteiger partial charge in [0.2, 0.25) is 5.91 Å². The number of hydrogen-bond donors (Lipinski definition) is 2. The zero-order chi connectivity index (χ0) is 16.3. The molecule has 1 aromatic rings. The molecule has 0 spiro atoms. The van der Waals surface area contributed by atoms with Crippen LogP contribution in [-0.2, 0) is 14.8 Å². The number of rotatable bonds is 5. The van der Waals surface area contributed by atoms with Crippen molar-refractivity contribution >= 4 is 21.8 Å². The Morgan fingerprint density at radius 1 is 1.27 bits per heavy atom. The number of nitrogens with zero attached hydrogens (tertiary/aromatic N) is 1. The minimum atomic E-state index is -3.52. The predicted molar refractivity (Wildman–Crippen MR) is 85.2 cm³/mol. The van der Waals surface area contributed by atoms with E-state index in [-0.39, 0.29) is 29.8 Å². The summed E-state index contributed by atoms with van der Waals surface area (Å²) >= 11 is 0. The van der Waals surface area contributed by atoms with Crippen LogP contribution in [0.3, 0.4) is 0 Å². The third kappa shape index (κ3) is 3.65. The zero-order valence-corrected chi connectivity index (χ0v) is 13.8. The first kappa shape index (κ1) is 16.5. The van der Waals surface area contributed by atoms with E-state index in [4.69, 9.17) is 0 Å². The molecule has 120 valence electrons. The first-order valence-corrected chi connectivity index (χ1v) is 8.75. The van der Waals surface area contributed by atoms with E-state index in [1.807, 2.05) is 20.8 Å². The van der Waals surface area contributed by atoms with Gasteiger partial charge < -0.3 is 5.32 Å². The van der Waals surface area contributed by atoms with Crippen molar-refractivity contribution in [2.75, 3.05) is 6.54 Å². The molecule has 1 heterocycles. The van der Waals surface area contributed by atoms with Gasteiger partial charge in [-0.15, -0.1) is 0 Å². The molecule has 1 amide bonds. The van der Waals surface area contributed by atoms with Crippen LogP contribution < -0.4 is 10.0 Å². The first-order valence-electron chi connectivity index (χ1n) is 7.27. The molecule has 0 unspecified atom stereocenters. The van der Waals surface area contributed by atoms with Crippen LogP contribution in [0.2, 0.25) is 0 Å². The maximum absolute atomic E-state index is 11.9. The molecule has 22 heavy (non-hydrogen) atoms. The highest BCUT2D eigenvalue weighted by Crippen LogP contribution is 2.22. The van der Waals surface area contributed by atoms with Crippen LogP contribution in [0.4, 0.5) is 0 Å². The van der Waals surface area contributed by atoms with E-state index in [1.165, 1.54) is 6.07 Å². The van der Waals surface area contributed by atoms with Crippen LogP contribution in [0.5, 0.6) is 0 Å². The van der Waals surface area contributed by atoms with Crippen LogP contribution >= 0.6 is 0 Å². The van der Waals surface area contributed by atoms with Crippen LogP contribution in [0.25, 0.3) is 0 Å². The summed E-state index contributed by atoms with van der Waals surface area (Å²) in [4.78, 5) is 16.2. The average Bonchev–Trinajstić information content (AvgIpc) is 2.71. The lowest BCUT2D eigenvalue weighted by molar-refractivity contribution is -0.121. The lowest BCUT2D eigenvalue weighted by atomic mass is 10.1.